The van der Waals surface area contributed by atoms with E-state index in [4.69, 9.17) is 5.11 Å². The van der Waals surface area contributed by atoms with E-state index in [2.05, 4.69) is 22.3 Å². The number of alkyl halides is 1. The van der Waals surface area contributed by atoms with E-state index >= 15 is 4.39 Å². The summed E-state index contributed by atoms with van der Waals surface area (Å²) < 4.78 is 28.6. The molecule has 0 amide bonds. The fourth-order valence-corrected chi connectivity index (χ4v) is 5.86. The van der Waals surface area contributed by atoms with Crippen molar-refractivity contribution in [2.75, 3.05) is 19.6 Å². The number of piperidine rings is 1. The Morgan fingerprint density at radius 3 is 2.44 bits per heavy atom. The number of aromatic carboxylic acids is 1. The minimum absolute atomic E-state index is 0.229. The second kappa shape index (κ2) is 9.56. The Bertz CT molecular complexity index is 1140. The van der Waals surface area contributed by atoms with Crippen molar-refractivity contribution in [1.29, 1.82) is 0 Å². The van der Waals surface area contributed by atoms with Gasteiger partial charge in [0.25, 0.3) is 0 Å². The van der Waals surface area contributed by atoms with Gasteiger partial charge >= 0.3 is 5.97 Å². The number of carbonyl (C=O) groups is 1. The van der Waals surface area contributed by atoms with Gasteiger partial charge in [-0.2, -0.15) is 0 Å². The summed E-state index contributed by atoms with van der Waals surface area (Å²) in [7, 11) is 0. The van der Waals surface area contributed by atoms with Crippen LogP contribution in [0.15, 0.2) is 60.7 Å². The summed E-state index contributed by atoms with van der Waals surface area (Å²) in [6.45, 7) is 2.48. The summed E-state index contributed by atoms with van der Waals surface area (Å²) in [5.41, 5.74) is 1.16. The SMILES string of the molecule is O=C(O)c1ccc(CN2CCC(F)(CNC3CC3c3ccc(-c4ccc(F)cc4)s3)CC2)cc1. The first-order valence-electron chi connectivity index (χ1n) is 11.7. The van der Waals surface area contributed by atoms with E-state index in [9.17, 15) is 9.18 Å². The Kier molecular flexibility index (Phi) is 6.51. The molecule has 2 heterocycles. The second-order valence-corrected chi connectivity index (χ2v) is 10.6. The highest BCUT2D eigenvalue weighted by Gasteiger charge is 2.42. The number of nitrogens with one attached hydrogen (secondary N) is 1. The zero-order valence-electron chi connectivity index (χ0n) is 18.8. The molecule has 2 aromatic carbocycles. The molecule has 34 heavy (non-hydrogen) atoms. The number of carboxylic acid groups (broad SMARTS) is 1. The highest BCUT2D eigenvalue weighted by Crippen LogP contribution is 2.46. The maximum Gasteiger partial charge on any atom is 0.335 e. The van der Waals surface area contributed by atoms with Gasteiger partial charge < -0.3 is 10.4 Å². The Morgan fingerprint density at radius 1 is 1.06 bits per heavy atom. The van der Waals surface area contributed by atoms with E-state index in [0.29, 0.717) is 51.0 Å². The van der Waals surface area contributed by atoms with Gasteiger partial charge in [0.1, 0.15) is 11.5 Å². The summed E-state index contributed by atoms with van der Waals surface area (Å²) in [6, 6.07) is 18.0. The fraction of sp³-hybridized carbons (Fsp3) is 0.370. The van der Waals surface area contributed by atoms with Gasteiger partial charge in [-0.25, -0.2) is 13.6 Å². The Balaban J connectivity index is 1.07. The topological polar surface area (TPSA) is 52.6 Å². The molecular formula is C27H28F2N2O2S. The van der Waals surface area contributed by atoms with Gasteiger partial charge in [0, 0.05) is 47.9 Å². The third-order valence-corrected chi connectivity index (χ3v) is 8.22. The normalized spacial score (nSPS) is 21.9. The predicted molar refractivity (Wildman–Crippen MR) is 131 cm³/mol. The van der Waals surface area contributed by atoms with Crippen molar-refractivity contribution in [1.82, 2.24) is 10.2 Å². The Morgan fingerprint density at radius 2 is 1.76 bits per heavy atom. The first kappa shape index (κ1) is 23.1. The van der Waals surface area contributed by atoms with Crippen molar-refractivity contribution in [3.8, 4) is 10.4 Å². The van der Waals surface area contributed by atoms with Crippen LogP contribution >= 0.6 is 11.3 Å². The van der Waals surface area contributed by atoms with Crippen LogP contribution in [0.2, 0.25) is 0 Å². The lowest BCUT2D eigenvalue weighted by Crippen LogP contribution is -2.47. The van der Waals surface area contributed by atoms with Gasteiger partial charge in [-0.15, -0.1) is 11.3 Å². The Labute approximate surface area is 202 Å². The molecule has 7 heteroatoms. The van der Waals surface area contributed by atoms with Gasteiger partial charge in [-0.05, 0) is 66.8 Å². The molecule has 2 atom stereocenters. The van der Waals surface area contributed by atoms with Crippen LogP contribution in [0, 0.1) is 5.82 Å². The summed E-state index contributed by atoms with van der Waals surface area (Å²) in [5, 5.41) is 12.5. The third kappa shape index (κ3) is 5.37. The average molecular weight is 483 g/mol. The highest BCUT2D eigenvalue weighted by molar-refractivity contribution is 7.15. The number of halogens is 2. The first-order valence-corrected chi connectivity index (χ1v) is 12.5. The zero-order valence-corrected chi connectivity index (χ0v) is 19.7. The van der Waals surface area contributed by atoms with E-state index in [0.717, 1.165) is 22.4 Å². The number of hydrogen-bond donors (Lipinski definition) is 2. The standard InChI is InChI=1S/C27H28F2N2O2S/c28-21-7-5-19(6-8-21)24-9-10-25(34-24)22-15-23(22)30-17-27(29)11-13-31(14-12-27)16-18-1-3-20(4-2-18)26(32)33/h1-10,22-23,30H,11-17H2,(H,32,33). The maximum atomic E-state index is 15.4. The molecule has 1 saturated carbocycles. The maximum absolute atomic E-state index is 15.4. The zero-order chi connectivity index (χ0) is 23.7. The largest absolute Gasteiger partial charge is 0.478 e. The van der Waals surface area contributed by atoms with E-state index in [1.54, 1.807) is 35.6 Å². The molecule has 178 valence electrons. The molecule has 1 aliphatic carbocycles. The van der Waals surface area contributed by atoms with Crippen LogP contribution < -0.4 is 5.32 Å². The van der Waals surface area contributed by atoms with Crippen LogP contribution in [-0.4, -0.2) is 47.3 Å². The number of carboxylic acids is 1. The van der Waals surface area contributed by atoms with Crippen LogP contribution in [0.25, 0.3) is 10.4 Å². The minimum Gasteiger partial charge on any atom is -0.478 e. The van der Waals surface area contributed by atoms with Crippen LogP contribution in [0.4, 0.5) is 8.78 Å². The number of benzene rings is 2. The van der Waals surface area contributed by atoms with Crippen molar-refractivity contribution >= 4 is 17.3 Å². The van der Waals surface area contributed by atoms with Crippen molar-refractivity contribution in [2.45, 2.75) is 43.4 Å². The average Bonchev–Trinajstić information content (AvgIpc) is 3.45. The van der Waals surface area contributed by atoms with Crippen LogP contribution in [0.5, 0.6) is 0 Å². The molecule has 2 unspecified atom stereocenters. The van der Waals surface area contributed by atoms with Gasteiger partial charge in [0.05, 0.1) is 5.56 Å². The molecule has 2 fully saturated rings. The molecule has 2 N–H and O–H groups in total. The Hall–Kier alpha value is -2.61. The number of nitrogens with zero attached hydrogens (tertiary/aromatic N) is 1. The molecule has 1 aliphatic heterocycles. The van der Waals surface area contributed by atoms with Crippen LogP contribution in [-0.2, 0) is 6.54 Å². The number of hydrogen-bond acceptors (Lipinski definition) is 4. The van der Waals surface area contributed by atoms with E-state index in [1.165, 1.54) is 17.0 Å². The van der Waals surface area contributed by atoms with Crippen molar-refractivity contribution in [3.63, 3.8) is 0 Å². The third-order valence-electron chi connectivity index (χ3n) is 6.95. The van der Waals surface area contributed by atoms with Crippen molar-refractivity contribution in [2.24, 2.45) is 0 Å². The second-order valence-electron chi connectivity index (χ2n) is 9.47. The lowest BCUT2D eigenvalue weighted by atomic mass is 9.93. The number of likely N-dealkylation sites (tertiary alicyclic amines) is 1. The van der Waals surface area contributed by atoms with Gasteiger partial charge in [-0.3, -0.25) is 4.90 Å². The lowest BCUT2D eigenvalue weighted by Gasteiger charge is -2.36. The predicted octanol–water partition coefficient (Wildman–Crippen LogP) is 5.70. The summed E-state index contributed by atoms with van der Waals surface area (Å²) in [4.78, 5) is 15.7. The van der Waals surface area contributed by atoms with E-state index < -0.39 is 11.6 Å². The summed E-state index contributed by atoms with van der Waals surface area (Å²) >= 11 is 1.73. The molecule has 3 aromatic rings. The van der Waals surface area contributed by atoms with Crippen molar-refractivity contribution in [3.05, 3.63) is 82.5 Å². The number of rotatable bonds is 8. The molecule has 0 radical (unpaired) electrons. The summed E-state index contributed by atoms with van der Waals surface area (Å²) in [6.07, 6.45) is 2.02. The molecule has 0 spiro atoms. The molecular weight excluding hydrogens is 454 g/mol. The van der Waals surface area contributed by atoms with Crippen molar-refractivity contribution < 1.29 is 18.7 Å². The highest BCUT2D eigenvalue weighted by atomic mass is 32.1. The van der Waals surface area contributed by atoms with E-state index in [-0.39, 0.29) is 11.4 Å². The molecule has 2 aliphatic rings. The van der Waals surface area contributed by atoms with Crippen LogP contribution in [0.1, 0.15) is 46.0 Å². The van der Waals surface area contributed by atoms with E-state index in [1.807, 2.05) is 12.1 Å². The minimum atomic E-state index is -1.19. The monoisotopic (exact) mass is 482 g/mol. The smallest absolute Gasteiger partial charge is 0.335 e. The van der Waals surface area contributed by atoms with Gasteiger partial charge in [-0.1, -0.05) is 24.3 Å². The fourth-order valence-electron chi connectivity index (χ4n) is 4.67. The molecule has 4 nitrogen and oxygen atoms in total. The molecule has 1 saturated heterocycles. The lowest BCUT2D eigenvalue weighted by molar-refractivity contribution is 0.0543. The summed E-state index contributed by atoms with van der Waals surface area (Å²) in [5.74, 6) is -0.728. The molecule has 1 aromatic heterocycles. The molecule has 5 rings (SSSR count). The van der Waals surface area contributed by atoms with Gasteiger partial charge in [0.2, 0.25) is 0 Å². The number of thiophene rings is 1. The quantitative estimate of drug-likeness (QED) is 0.432. The molecule has 0 bridgehead atoms. The van der Waals surface area contributed by atoms with Crippen LogP contribution in [0.3, 0.4) is 0 Å². The van der Waals surface area contributed by atoms with Gasteiger partial charge in [0.15, 0.2) is 0 Å². The first-order chi connectivity index (χ1) is 16.4.